The summed E-state index contributed by atoms with van der Waals surface area (Å²) in [6.45, 7) is 3.78. The van der Waals surface area contributed by atoms with Gasteiger partial charge in [0, 0.05) is 38.0 Å². The van der Waals surface area contributed by atoms with Crippen molar-refractivity contribution in [1.29, 1.82) is 0 Å². The van der Waals surface area contributed by atoms with Gasteiger partial charge >= 0.3 is 0 Å². The second-order valence-corrected chi connectivity index (χ2v) is 7.45. The van der Waals surface area contributed by atoms with Crippen LogP contribution in [0.3, 0.4) is 0 Å². The van der Waals surface area contributed by atoms with Gasteiger partial charge in [-0.25, -0.2) is 4.39 Å². The zero-order valence-corrected chi connectivity index (χ0v) is 18.0. The lowest BCUT2D eigenvalue weighted by Gasteiger charge is -2.14. The number of benzene rings is 2. The summed E-state index contributed by atoms with van der Waals surface area (Å²) in [7, 11) is 1.71. The van der Waals surface area contributed by atoms with Gasteiger partial charge in [0.15, 0.2) is 5.96 Å². The fourth-order valence-corrected chi connectivity index (χ4v) is 3.39. The van der Waals surface area contributed by atoms with Gasteiger partial charge in [-0.05, 0) is 53.6 Å². The quantitative estimate of drug-likeness (QED) is 0.431. The van der Waals surface area contributed by atoms with E-state index in [2.05, 4.69) is 20.9 Å². The minimum atomic E-state index is -0.219. The van der Waals surface area contributed by atoms with Crippen molar-refractivity contribution < 1.29 is 9.18 Å². The summed E-state index contributed by atoms with van der Waals surface area (Å²) in [4.78, 5) is 16.4. The van der Waals surface area contributed by atoms with Gasteiger partial charge < -0.3 is 16.0 Å². The van der Waals surface area contributed by atoms with Crippen molar-refractivity contribution in [1.82, 2.24) is 16.0 Å². The van der Waals surface area contributed by atoms with Crippen LogP contribution in [-0.4, -0.2) is 31.7 Å². The number of hydrogen-bond donors (Lipinski definition) is 3. The standard InChI is InChI=1S/C22H29FN4OS/c1-4-10-25-21(28)17-7-5-6-16(11-17)13-26-22(24-2)27-14-18-8-9-20(23)12-19(18)15-29-3/h5-9,11-12H,4,10,13-15H2,1-3H3,(H,25,28)(H2,24,26,27). The zero-order valence-electron chi connectivity index (χ0n) is 17.2. The Hall–Kier alpha value is -2.54. The molecule has 7 heteroatoms. The largest absolute Gasteiger partial charge is 0.352 e. The number of nitrogens with zero attached hydrogens (tertiary/aromatic N) is 1. The van der Waals surface area contributed by atoms with E-state index in [0.29, 0.717) is 31.2 Å². The van der Waals surface area contributed by atoms with Crippen molar-refractivity contribution in [2.45, 2.75) is 32.2 Å². The number of thioether (sulfide) groups is 1. The first-order valence-electron chi connectivity index (χ1n) is 9.65. The fraction of sp³-hybridized carbons (Fsp3) is 0.364. The Kier molecular flexibility index (Phi) is 9.50. The number of hydrogen-bond acceptors (Lipinski definition) is 3. The number of halogens is 1. The van der Waals surface area contributed by atoms with Crippen LogP contribution < -0.4 is 16.0 Å². The topological polar surface area (TPSA) is 65.5 Å². The first-order chi connectivity index (χ1) is 14.1. The summed E-state index contributed by atoms with van der Waals surface area (Å²) in [6, 6.07) is 12.4. The molecule has 2 aromatic rings. The molecule has 3 N–H and O–H groups in total. The average molecular weight is 417 g/mol. The number of guanidine groups is 1. The molecule has 0 heterocycles. The third-order valence-corrected chi connectivity index (χ3v) is 4.92. The Bertz CT molecular complexity index is 841. The lowest BCUT2D eigenvalue weighted by Crippen LogP contribution is -2.36. The van der Waals surface area contributed by atoms with E-state index < -0.39 is 0 Å². The van der Waals surface area contributed by atoms with Gasteiger partial charge in [0.25, 0.3) is 5.91 Å². The lowest BCUT2D eigenvalue weighted by atomic mass is 10.1. The third-order valence-electron chi connectivity index (χ3n) is 4.32. The number of carbonyl (C=O) groups excluding carboxylic acids is 1. The van der Waals surface area contributed by atoms with E-state index >= 15 is 0 Å². The van der Waals surface area contributed by atoms with E-state index in [1.165, 1.54) is 6.07 Å². The van der Waals surface area contributed by atoms with Crippen molar-refractivity contribution in [2.24, 2.45) is 4.99 Å². The molecule has 29 heavy (non-hydrogen) atoms. The highest BCUT2D eigenvalue weighted by Gasteiger charge is 2.07. The summed E-state index contributed by atoms with van der Waals surface area (Å²) < 4.78 is 13.5. The summed E-state index contributed by atoms with van der Waals surface area (Å²) >= 11 is 1.66. The van der Waals surface area contributed by atoms with Gasteiger partial charge in [-0.2, -0.15) is 11.8 Å². The molecule has 5 nitrogen and oxygen atoms in total. The molecule has 2 rings (SSSR count). The van der Waals surface area contributed by atoms with Crippen LogP contribution in [0.2, 0.25) is 0 Å². The van der Waals surface area contributed by atoms with Crippen LogP contribution in [0.1, 0.15) is 40.4 Å². The molecule has 0 spiro atoms. The molecule has 0 bridgehead atoms. The van der Waals surface area contributed by atoms with Crippen LogP contribution in [-0.2, 0) is 18.8 Å². The molecular formula is C22H29FN4OS. The van der Waals surface area contributed by atoms with Crippen LogP contribution in [0.15, 0.2) is 47.5 Å². The molecule has 0 aliphatic rings. The second kappa shape index (κ2) is 12.1. The lowest BCUT2D eigenvalue weighted by molar-refractivity contribution is 0.0953. The van der Waals surface area contributed by atoms with Crippen LogP contribution in [0.4, 0.5) is 4.39 Å². The third kappa shape index (κ3) is 7.42. The molecule has 0 saturated carbocycles. The van der Waals surface area contributed by atoms with Crippen molar-refractivity contribution in [3.63, 3.8) is 0 Å². The average Bonchev–Trinajstić information content (AvgIpc) is 2.73. The Morgan fingerprint density at radius 2 is 1.86 bits per heavy atom. The molecule has 1 amide bonds. The summed E-state index contributed by atoms with van der Waals surface area (Å²) in [5.41, 5.74) is 3.65. The van der Waals surface area contributed by atoms with Crippen LogP contribution in [0.25, 0.3) is 0 Å². The minimum Gasteiger partial charge on any atom is -0.352 e. The maximum atomic E-state index is 13.5. The summed E-state index contributed by atoms with van der Waals surface area (Å²) in [5.74, 6) is 1.12. The normalized spacial score (nSPS) is 11.2. The maximum absolute atomic E-state index is 13.5. The Balaban J connectivity index is 1.94. The number of rotatable bonds is 9. The zero-order chi connectivity index (χ0) is 21.1. The Labute approximate surface area is 176 Å². The monoisotopic (exact) mass is 416 g/mol. The van der Waals surface area contributed by atoms with E-state index in [4.69, 9.17) is 0 Å². The van der Waals surface area contributed by atoms with Gasteiger partial charge in [-0.3, -0.25) is 9.79 Å². The maximum Gasteiger partial charge on any atom is 0.251 e. The molecule has 0 atom stereocenters. The molecule has 0 radical (unpaired) electrons. The fourth-order valence-electron chi connectivity index (χ4n) is 2.81. The smallest absolute Gasteiger partial charge is 0.251 e. The molecule has 0 aliphatic heterocycles. The Morgan fingerprint density at radius 3 is 2.59 bits per heavy atom. The van der Waals surface area contributed by atoms with E-state index in [9.17, 15) is 9.18 Å². The van der Waals surface area contributed by atoms with Gasteiger partial charge in [0.05, 0.1) is 0 Å². The Morgan fingerprint density at radius 1 is 1.07 bits per heavy atom. The summed E-state index contributed by atoms with van der Waals surface area (Å²) in [6.07, 6.45) is 2.90. The first kappa shape index (κ1) is 22.7. The van der Waals surface area contributed by atoms with E-state index in [1.807, 2.05) is 37.4 Å². The highest BCUT2D eigenvalue weighted by Crippen LogP contribution is 2.16. The van der Waals surface area contributed by atoms with Crippen molar-refractivity contribution in [2.75, 3.05) is 19.8 Å². The molecule has 0 aliphatic carbocycles. The van der Waals surface area contributed by atoms with Crippen LogP contribution in [0, 0.1) is 5.82 Å². The van der Waals surface area contributed by atoms with Gasteiger partial charge in [0.2, 0.25) is 0 Å². The van der Waals surface area contributed by atoms with Crippen LogP contribution in [0.5, 0.6) is 0 Å². The van der Waals surface area contributed by atoms with Crippen LogP contribution >= 0.6 is 11.8 Å². The van der Waals surface area contributed by atoms with Gasteiger partial charge in [-0.1, -0.05) is 25.1 Å². The van der Waals surface area contributed by atoms with E-state index in [0.717, 1.165) is 28.9 Å². The number of carbonyl (C=O) groups is 1. The van der Waals surface area contributed by atoms with E-state index in [1.54, 1.807) is 30.9 Å². The van der Waals surface area contributed by atoms with Gasteiger partial charge in [0.1, 0.15) is 5.82 Å². The van der Waals surface area contributed by atoms with E-state index in [-0.39, 0.29) is 11.7 Å². The van der Waals surface area contributed by atoms with Crippen molar-refractivity contribution in [3.8, 4) is 0 Å². The SMILES string of the molecule is CCCNC(=O)c1cccc(CNC(=NC)NCc2ccc(F)cc2CSC)c1. The highest BCUT2D eigenvalue weighted by atomic mass is 32.2. The van der Waals surface area contributed by atoms with Crippen molar-refractivity contribution >= 4 is 23.6 Å². The predicted octanol–water partition coefficient (Wildman–Crippen LogP) is 3.69. The number of nitrogens with one attached hydrogen (secondary N) is 3. The van der Waals surface area contributed by atoms with Crippen molar-refractivity contribution in [3.05, 3.63) is 70.5 Å². The second-order valence-electron chi connectivity index (χ2n) is 6.58. The molecule has 0 saturated heterocycles. The molecular weight excluding hydrogens is 387 g/mol. The highest BCUT2D eigenvalue weighted by molar-refractivity contribution is 7.97. The molecule has 0 aromatic heterocycles. The molecule has 0 fully saturated rings. The molecule has 2 aromatic carbocycles. The first-order valence-corrected chi connectivity index (χ1v) is 11.0. The number of amides is 1. The molecule has 0 unspecified atom stereocenters. The predicted molar refractivity (Wildman–Crippen MR) is 120 cm³/mol. The molecule has 156 valence electrons. The minimum absolute atomic E-state index is 0.0613. The summed E-state index contributed by atoms with van der Waals surface area (Å²) in [5, 5.41) is 9.41. The van der Waals surface area contributed by atoms with Gasteiger partial charge in [-0.15, -0.1) is 0 Å². The number of aliphatic imine (C=N–C) groups is 1.